The van der Waals surface area contributed by atoms with Gasteiger partial charge in [0, 0.05) is 37.6 Å². The standard InChI is InChI=1S/C15H22ClN3O/c1-3-4-15(20)17-13-11-12(16)5-6-14(13)19-9-7-18(2)8-10-19/h5-6,11H,3-4,7-10H2,1-2H3,(H,17,20). The predicted octanol–water partition coefficient (Wildman–Crippen LogP) is 2.83. The number of carbonyl (C=O) groups excluding carboxylic acids is 1. The number of hydrogen-bond acceptors (Lipinski definition) is 3. The van der Waals surface area contributed by atoms with Gasteiger partial charge in [0.05, 0.1) is 11.4 Å². The summed E-state index contributed by atoms with van der Waals surface area (Å²) in [4.78, 5) is 16.4. The van der Waals surface area contributed by atoms with Gasteiger partial charge in [-0.15, -0.1) is 0 Å². The van der Waals surface area contributed by atoms with E-state index in [4.69, 9.17) is 11.6 Å². The lowest BCUT2D eigenvalue weighted by molar-refractivity contribution is -0.116. The lowest BCUT2D eigenvalue weighted by Crippen LogP contribution is -2.44. The molecule has 0 unspecified atom stereocenters. The van der Waals surface area contributed by atoms with Crippen molar-refractivity contribution in [3.8, 4) is 0 Å². The molecule has 1 fully saturated rings. The Bertz CT molecular complexity index is 470. The lowest BCUT2D eigenvalue weighted by atomic mass is 10.2. The summed E-state index contributed by atoms with van der Waals surface area (Å²) in [6, 6.07) is 5.71. The van der Waals surface area contributed by atoms with E-state index in [1.807, 2.05) is 25.1 Å². The third-order valence-corrected chi connectivity index (χ3v) is 3.79. The maximum absolute atomic E-state index is 11.8. The molecular weight excluding hydrogens is 274 g/mol. The van der Waals surface area contributed by atoms with Crippen molar-refractivity contribution < 1.29 is 4.79 Å². The summed E-state index contributed by atoms with van der Waals surface area (Å²) in [6.45, 7) is 6.00. The Morgan fingerprint density at radius 3 is 2.65 bits per heavy atom. The summed E-state index contributed by atoms with van der Waals surface area (Å²) in [5.41, 5.74) is 1.88. The van der Waals surface area contributed by atoms with Crippen LogP contribution in [0.4, 0.5) is 11.4 Å². The molecule has 0 radical (unpaired) electrons. The van der Waals surface area contributed by atoms with Gasteiger partial charge in [-0.25, -0.2) is 0 Å². The van der Waals surface area contributed by atoms with Crippen molar-refractivity contribution in [2.75, 3.05) is 43.4 Å². The molecule has 1 amide bonds. The van der Waals surface area contributed by atoms with Crippen molar-refractivity contribution in [3.63, 3.8) is 0 Å². The zero-order valence-electron chi connectivity index (χ0n) is 12.2. The van der Waals surface area contributed by atoms with Gasteiger partial charge in [0.15, 0.2) is 0 Å². The smallest absolute Gasteiger partial charge is 0.224 e. The molecule has 0 bridgehead atoms. The number of piperazine rings is 1. The molecule has 1 aliphatic heterocycles. The van der Waals surface area contributed by atoms with Gasteiger partial charge < -0.3 is 15.1 Å². The zero-order chi connectivity index (χ0) is 14.5. The quantitative estimate of drug-likeness (QED) is 0.928. The van der Waals surface area contributed by atoms with Crippen molar-refractivity contribution in [3.05, 3.63) is 23.2 Å². The van der Waals surface area contributed by atoms with E-state index in [0.717, 1.165) is 44.0 Å². The van der Waals surface area contributed by atoms with Gasteiger partial charge in [0.25, 0.3) is 0 Å². The zero-order valence-corrected chi connectivity index (χ0v) is 12.9. The van der Waals surface area contributed by atoms with Gasteiger partial charge >= 0.3 is 0 Å². The van der Waals surface area contributed by atoms with Crippen molar-refractivity contribution in [2.45, 2.75) is 19.8 Å². The van der Waals surface area contributed by atoms with Crippen LogP contribution in [0.1, 0.15) is 19.8 Å². The molecule has 110 valence electrons. The molecule has 4 nitrogen and oxygen atoms in total. The van der Waals surface area contributed by atoms with Crippen LogP contribution in [-0.4, -0.2) is 44.0 Å². The van der Waals surface area contributed by atoms with Crippen molar-refractivity contribution >= 4 is 28.9 Å². The summed E-state index contributed by atoms with van der Waals surface area (Å²) in [5.74, 6) is 0.0464. The summed E-state index contributed by atoms with van der Waals surface area (Å²) >= 11 is 6.06. The Morgan fingerprint density at radius 2 is 2.00 bits per heavy atom. The molecule has 5 heteroatoms. The van der Waals surface area contributed by atoms with Crippen LogP contribution in [0.25, 0.3) is 0 Å². The van der Waals surface area contributed by atoms with E-state index in [0.29, 0.717) is 11.4 Å². The Hall–Kier alpha value is -1.26. The van der Waals surface area contributed by atoms with Crippen LogP contribution in [-0.2, 0) is 4.79 Å². The molecule has 0 spiro atoms. The first-order chi connectivity index (χ1) is 9.60. The molecule has 0 aromatic heterocycles. The number of amides is 1. The van der Waals surface area contributed by atoms with E-state index in [-0.39, 0.29) is 5.91 Å². The van der Waals surface area contributed by atoms with Gasteiger partial charge in [-0.2, -0.15) is 0 Å². The molecular formula is C15H22ClN3O. The molecule has 0 saturated carbocycles. The maximum atomic E-state index is 11.8. The lowest BCUT2D eigenvalue weighted by Gasteiger charge is -2.35. The summed E-state index contributed by atoms with van der Waals surface area (Å²) < 4.78 is 0. The van der Waals surface area contributed by atoms with Crippen LogP contribution >= 0.6 is 11.6 Å². The molecule has 1 aromatic rings. The number of carbonyl (C=O) groups is 1. The van der Waals surface area contributed by atoms with E-state index in [1.165, 1.54) is 0 Å². The second kappa shape index (κ2) is 6.95. The number of anilines is 2. The highest BCUT2D eigenvalue weighted by Gasteiger charge is 2.18. The van der Waals surface area contributed by atoms with Gasteiger partial charge in [-0.3, -0.25) is 4.79 Å². The SMILES string of the molecule is CCCC(=O)Nc1cc(Cl)ccc1N1CCN(C)CC1. The molecule has 1 N–H and O–H groups in total. The molecule has 1 heterocycles. The van der Waals surface area contributed by atoms with Crippen molar-refractivity contribution in [2.24, 2.45) is 0 Å². The van der Waals surface area contributed by atoms with Gasteiger partial charge in [-0.1, -0.05) is 18.5 Å². The summed E-state index contributed by atoms with van der Waals surface area (Å²) in [5, 5.41) is 3.63. The number of rotatable bonds is 4. The number of halogens is 1. The molecule has 0 aliphatic carbocycles. The van der Waals surface area contributed by atoms with Crippen LogP contribution in [0.15, 0.2) is 18.2 Å². The van der Waals surface area contributed by atoms with Crippen LogP contribution in [0, 0.1) is 0 Å². The second-order valence-corrected chi connectivity index (χ2v) is 5.69. The molecule has 1 saturated heterocycles. The van der Waals surface area contributed by atoms with Gasteiger partial charge in [-0.05, 0) is 31.7 Å². The largest absolute Gasteiger partial charge is 0.367 e. The van der Waals surface area contributed by atoms with E-state index in [2.05, 4.69) is 22.2 Å². The molecule has 2 rings (SSSR count). The molecule has 20 heavy (non-hydrogen) atoms. The van der Waals surface area contributed by atoms with Crippen LogP contribution in [0.3, 0.4) is 0 Å². The fourth-order valence-corrected chi connectivity index (χ4v) is 2.54. The summed E-state index contributed by atoms with van der Waals surface area (Å²) in [6.07, 6.45) is 1.38. The Balaban J connectivity index is 2.17. The Kier molecular flexibility index (Phi) is 5.26. The highest BCUT2D eigenvalue weighted by Crippen LogP contribution is 2.30. The Morgan fingerprint density at radius 1 is 1.30 bits per heavy atom. The number of nitrogens with zero attached hydrogens (tertiary/aromatic N) is 2. The highest BCUT2D eigenvalue weighted by atomic mass is 35.5. The van der Waals surface area contributed by atoms with Crippen LogP contribution < -0.4 is 10.2 Å². The van der Waals surface area contributed by atoms with Crippen molar-refractivity contribution in [1.82, 2.24) is 4.90 Å². The first-order valence-electron chi connectivity index (χ1n) is 7.13. The molecule has 1 aliphatic rings. The fourth-order valence-electron chi connectivity index (χ4n) is 2.37. The number of likely N-dealkylation sites (N-methyl/N-ethyl adjacent to an activating group) is 1. The third-order valence-electron chi connectivity index (χ3n) is 3.55. The van der Waals surface area contributed by atoms with E-state index in [9.17, 15) is 4.79 Å². The minimum absolute atomic E-state index is 0.0464. The highest BCUT2D eigenvalue weighted by molar-refractivity contribution is 6.31. The van der Waals surface area contributed by atoms with Crippen LogP contribution in [0.2, 0.25) is 5.02 Å². The fraction of sp³-hybridized carbons (Fsp3) is 0.533. The van der Waals surface area contributed by atoms with Gasteiger partial charge in [0.1, 0.15) is 0 Å². The van der Waals surface area contributed by atoms with E-state index < -0.39 is 0 Å². The average Bonchev–Trinajstić information content (AvgIpc) is 2.40. The maximum Gasteiger partial charge on any atom is 0.224 e. The number of benzene rings is 1. The Labute approximate surface area is 125 Å². The average molecular weight is 296 g/mol. The van der Waals surface area contributed by atoms with E-state index >= 15 is 0 Å². The topological polar surface area (TPSA) is 35.6 Å². The predicted molar refractivity (Wildman–Crippen MR) is 84.7 cm³/mol. The van der Waals surface area contributed by atoms with Crippen molar-refractivity contribution in [1.29, 1.82) is 0 Å². The third kappa shape index (κ3) is 3.87. The number of hydrogen-bond donors (Lipinski definition) is 1. The summed E-state index contributed by atoms with van der Waals surface area (Å²) in [7, 11) is 2.13. The molecule has 0 atom stereocenters. The number of nitrogens with one attached hydrogen (secondary N) is 1. The minimum Gasteiger partial charge on any atom is -0.367 e. The minimum atomic E-state index is 0.0464. The molecule has 1 aromatic carbocycles. The van der Waals surface area contributed by atoms with Gasteiger partial charge in [0.2, 0.25) is 5.91 Å². The first-order valence-corrected chi connectivity index (χ1v) is 7.51. The van der Waals surface area contributed by atoms with E-state index in [1.54, 1.807) is 0 Å². The monoisotopic (exact) mass is 295 g/mol. The second-order valence-electron chi connectivity index (χ2n) is 5.25. The van der Waals surface area contributed by atoms with Crippen LogP contribution in [0.5, 0.6) is 0 Å². The first kappa shape index (κ1) is 15.1. The normalized spacial score (nSPS) is 16.2.